The van der Waals surface area contributed by atoms with Gasteiger partial charge in [-0.2, -0.15) is 0 Å². The maximum absolute atomic E-state index is 12.5. The first-order valence-corrected chi connectivity index (χ1v) is 5.61. The largest absolute Gasteiger partial charge is 0.469 e. The molecule has 1 aromatic heterocycles. The predicted octanol–water partition coefficient (Wildman–Crippen LogP) is 2.99. The monoisotopic (exact) mass is 361 g/mol. The molecule has 0 aliphatic rings. The van der Waals surface area contributed by atoms with E-state index in [-0.39, 0.29) is 17.1 Å². The van der Waals surface area contributed by atoms with E-state index >= 15 is 0 Å². The molecule has 0 amide bonds. The summed E-state index contributed by atoms with van der Waals surface area (Å²) in [7, 11) is 1.23. The Bertz CT molecular complexity index is 415. The molecule has 0 fully saturated rings. The molecular weight excluding hydrogens is 354 g/mol. The predicted molar refractivity (Wildman–Crippen MR) is 62.6 cm³/mol. The minimum atomic E-state index is -2.71. The van der Waals surface area contributed by atoms with Crippen molar-refractivity contribution in [2.75, 3.05) is 7.11 Å². The van der Waals surface area contributed by atoms with Crippen LogP contribution in [-0.4, -0.2) is 18.1 Å². The van der Waals surface area contributed by atoms with Gasteiger partial charge >= 0.3 is 5.97 Å². The van der Waals surface area contributed by atoms with E-state index in [0.29, 0.717) is 9.26 Å². The summed E-state index contributed by atoms with van der Waals surface area (Å²) in [4.78, 5) is 14.8. The summed E-state index contributed by atoms with van der Waals surface area (Å²) in [6, 6.07) is 1.18. The number of carbonyl (C=O) groups excluding carboxylic acids is 1. The van der Waals surface area contributed by atoms with E-state index in [4.69, 9.17) is 11.6 Å². The molecule has 0 spiro atoms. The Balaban J connectivity index is 3.09. The van der Waals surface area contributed by atoms with Gasteiger partial charge in [-0.05, 0) is 34.2 Å². The molecule has 0 radical (unpaired) electrons. The lowest BCUT2D eigenvalue weighted by atomic mass is 10.1. The van der Waals surface area contributed by atoms with Gasteiger partial charge in [0.1, 0.15) is 8.85 Å². The summed E-state index contributed by atoms with van der Waals surface area (Å²) in [6.07, 6.45) is -2.81. The molecule has 0 bridgehead atoms. The number of aromatic nitrogens is 1. The van der Waals surface area contributed by atoms with Gasteiger partial charge in [0.2, 0.25) is 0 Å². The van der Waals surface area contributed by atoms with E-state index in [1.54, 1.807) is 0 Å². The van der Waals surface area contributed by atoms with Crippen LogP contribution in [0.3, 0.4) is 0 Å². The van der Waals surface area contributed by atoms with E-state index in [2.05, 4.69) is 9.72 Å². The van der Waals surface area contributed by atoms with E-state index < -0.39 is 12.4 Å². The summed E-state index contributed by atoms with van der Waals surface area (Å²) >= 11 is 7.38. The molecule has 0 saturated carbocycles. The minimum Gasteiger partial charge on any atom is -0.469 e. The van der Waals surface area contributed by atoms with Crippen LogP contribution in [0.4, 0.5) is 8.78 Å². The summed E-state index contributed by atoms with van der Waals surface area (Å²) in [5, 5.41) is -0.243. The lowest BCUT2D eigenvalue weighted by Crippen LogP contribution is -2.08. The average Bonchev–Trinajstić information content (AvgIpc) is 2.21. The van der Waals surface area contributed by atoms with Crippen LogP contribution in [0, 0.1) is 3.70 Å². The van der Waals surface area contributed by atoms with Crippen molar-refractivity contribution >= 4 is 40.2 Å². The Morgan fingerprint density at radius 2 is 2.31 bits per heavy atom. The van der Waals surface area contributed by atoms with Gasteiger partial charge < -0.3 is 4.74 Å². The van der Waals surface area contributed by atoms with Crippen LogP contribution >= 0.6 is 34.2 Å². The van der Waals surface area contributed by atoms with Crippen molar-refractivity contribution in [2.24, 2.45) is 0 Å². The Morgan fingerprint density at radius 3 is 2.81 bits per heavy atom. The lowest BCUT2D eigenvalue weighted by Gasteiger charge is -2.07. The Kier molecular flexibility index (Phi) is 4.85. The third-order valence-corrected chi connectivity index (χ3v) is 3.06. The number of methoxy groups -OCH3 is 1. The first-order chi connectivity index (χ1) is 7.45. The Hall–Kier alpha value is -0.500. The average molecular weight is 362 g/mol. The van der Waals surface area contributed by atoms with Crippen molar-refractivity contribution < 1.29 is 18.3 Å². The fourth-order valence-corrected chi connectivity index (χ4v) is 1.99. The number of rotatable bonds is 3. The zero-order valence-corrected chi connectivity index (χ0v) is 11.1. The maximum atomic E-state index is 12.5. The number of alkyl halides is 2. The van der Waals surface area contributed by atoms with E-state index in [0.717, 1.165) is 0 Å². The van der Waals surface area contributed by atoms with Crippen molar-refractivity contribution in [3.05, 3.63) is 26.0 Å². The highest BCUT2D eigenvalue weighted by molar-refractivity contribution is 14.1. The lowest BCUT2D eigenvalue weighted by molar-refractivity contribution is -0.139. The number of hydrogen-bond donors (Lipinski definition) is 0. The van der Waals surface area contributed by atoms with Crippen LogP contribution in [0.25, 0.3) is 0 Å². The molecule has 1 aromatic rings. The molecule has 0 saturated heterocycles. The quantitative estimate of drug-likeness (QED) is 0.472. The molecule has 3 nitrogen and oxygen atoms in total. The highest BCUT2D eigenvalue weighted by atomic mass is 127. The number of ether oxygens (including phenoxy) is 1. The van der Waals surface area contributed by atoms with Crippen molar-refractivity contribution in [1.29, 1.82) is 0 Å². The number of halogens is 4. The normalized spacial score (nSPS) is 10.6. The van der Waals surface area contributed by atoms with Gasteiger partial charge in [0.05, 0.1) is 19.1 Å². The summed E-state index contributed by atoms with van der Waals surface area (Å²) < 4.78 is 29.9. The maximum Gasteiger partial charge on any atom is 0.310 e. The second-order valence-electron chi connectivity index (χ2n) is 2.87. The van der Waals surface area contributed by atoms with Crippen molar-refractivity contribution in [1.82, 2.24) is 4.98 Å². The van der Waals surface area contributed by atoms with Gasteiger partial charge in [-0.1, -0.05) is 11.6 Å². The summed E-state index contributed by atoms with van der Waals surface area (Å²) in [5.74, 6) is -0.512. The van der Waals surface area contributed by atoms with E-state index in [1.807, 2.05) is 22.6 Å². The van der Waals surface area contributed by atoms with Gasteiger partial charge in [-0.15, -0.1) is 0 Å². The first-order valence-electron chi connectivity index (χ1n) is 4.15. The van der Waals surface area contributed by atoms with Crippen LogP contribution in [0.2, 0.25) is 5.15 Å². The fourth-order valence-electron chi connectivity index (χ4n) is 1.03. The fraction of sp³-hybridized carbons (Fsp3) is 0.333. The van der Waals surface area contributed by atoms with Crippen LogP contribution in [0.15, 0.2) is 6.07 Å². The minimum absolute atomic E-state index is 0.0985. The van der Waals surface area contributed by atoms with Gasteiger partial charge in [-0.25, -0.2) is 13.8 Å². The van der Waals surface area contributed by atoms with Crippen LogP contribution in [-0.2, 0) is 16.0 Å². The molecule has 1 heterocycles. The zero-order chi connectivity index (χ0) is 12.3. The van der Waals surface area contributed by atoms with E-state index in [1.165, 1.54) is 13.2 Å². The number of hydrogen-bond acceptors (Lipinski definition) is 3. The second-order valence-corrected chi connectivity index (χ2v) is 4.25. The van der Waals surface area contributed by atoms with Gasteiger partial charge in [-0.3, -0.25) is 4.79 Å². The molecule has 16 heavy (non-hydrogen) atoms. The number of carbonyl (C=O) groups is 1. The molecule has 0 unspecified atom stereocenters. The van der Waals surface area contributed by atoms with Gasteiger partial charge in [0.25, 0.3) is 6.43 Å². The molecule has 7 heteroatoms. The molecule has 88 valence electrons. The highest BCUT2D eigenvalue weighted by Crippen LogP contribution is 2.28. The molecule has 0 aromatic carbocycles. The second kappa shape index (κ2) is 5.72. The van der Waals surface area contributed by atoms with Crippen molar-refractivity contribution in [2.45, 2.75) is 12.8 Å². The molecule has 0 aliphatic carbocycles. The summed E-state index contributed by atoms with van der Waals surface area (Å²) in [6.45, 7) is 0. The van der Waals surface area contributed by atoms with Crippen LogP contribution in [0.1, 0.15) is 17.6 Å². The SMILES string of the molecule is COC(=O)Cc1cc(C(F)F)c(Cl)nc1I. The molecular formula is C9H7ClF2INO2. The molecule has 1 rings (SSSR count). The number of nitrogens with zero attached hydrogens (tertiary/aromatic N) is 1. The van der Waals surface area contributed by atoms with Crippen LogP contribution in [0.5, 0.6) is 0 Å². The molecule has 0 atom stereocenters. The van der Waals surface area contributed by atoms with Crippen LogP contribution < -0.4 is 0 Å². The Labute approximate surface area is 109 Å². The Morgan fingerprint density at radius 1 is 1.69 bits per heavy atom. The molecule has 0 aliphatic heterocycles. The topological polar surface area (TPSA) is 39.2 Å². The zero-order valence-electron chi connectivity index (χ0n) is 8.14. The third-order valence-electron chi connectivity index (χ3n) is 1.83. The summed E-state index contributed by atoms with van der Waals surface area (Å²) in [5.41, 5.74) is 0.00753. The smallest absolute Gasteiger partial charge is 0.310 e. The third kappa shape index (κ3) is 3.24. The van der Waals surface area contributed by atoms with Crippen molar-refractivity contribution in [3.63, 3.8) is 0 Å². The van der Waals surface area contributed by atoms with Gasteiger partial charge in [0.15, 0.2) is 0 Å². The molecule has 0 N–H and O–H groups in total. The first kappa shape index (κ1) is 13.6. The highest BCUT2D eigenvalue weighted by Gasteiger charge is 2.17. The number of esters is 1. The van der Waals surface area contributed by atoms with Gasteiger partial charge in [0, 0.05) is 0 Å². The number of pyridine rings is 1. The van der Waals surface area contributed by atoms with Crippen molar-refractivity contribution in [3.8, 4) is 0 Å². The van der Waals surface area contributed by atoms with E-state index in [9.17, 15) is 13.6 Å². The standard InChI is InChI=1S/C9H7ClF2INO2/c1-16-6(15)3-4-2-5(8(11)12)7(10)14-9(4)13/h2,8H,3H2,1H3.